The summed E-state index contributed by atoms with van der Waals surface area (Å²) in [6.07, 6.45) is 2.40. The minimum atomic E-state index is -0.890. The molecule has 176 valence electrons. The molecule has 2 aromatic carbocycles. The summed E-state index contributed by atoms with van der Waals surface area (Å²) in [5.74, 6) is 1.23. The molecule has 1 aromatic heterocycles. The van der Waals surface area contributed by atoms with Crippen LogP contribution in [0.1, 0.15) is 17.5 Å². The van der Waals surface area contributed by atoms with Gasteiger partial charge in [0.1, 0.15) is 11.8 Å². The number of amides is 4. The second kappa shape index (κ2) is 8.97. The molecule has 0 bridgehead atoms. The molecule has 10 nitrogen and oxygen atoms in total. The van der Waals surface area contributed by atoms with Crippen molar-refractivity contribution in [1.29, 1.82) is 0 Å². The lowest BCUT2D eigenvalue weighted by molar-refractivity contribution is -0.131. The van der Waals surface area contributed by atoms with Crippen LogP contribution in [-0.2, 0) is 22.6 Å². The van der Waals surface area contributed by atoms with E-state index in [1.54, 1.807) is 25.3 Å². The Balaban J connectivity index is 1.14. The monoisotopic (exact) mass is 464 g/mol. The molecular formula is C24H24N4O6. The largest absolute Gasteiger partial charge is 0.497 e. The van der Waals surface area contributed by atoms with Gasteiger partial charge in [0.25, 0.3) is 5.91 Å². The molecule has 5 rings (SSSR count). The van der Waals surface area contributed by atoms with Crippen LogP contribution in [0.2, 0.25) is 0 Å². The van der Waals surface area contributed by atoms with E-state index in [1.807, 2.05) is 24.4 Å². The van der Waals surface area contributed by atoms with Gasteiger partial charge in [-0.1, -0.05) is 6.07 Å². The van der Waals surface area contributed by atoms with Crippen LogP contribution < -0.4 is 24.8 Å². The van der Waals surface area contributed by atoms with Crippen molar-refractivity contribution in [2.75, 3.05) is 20.4 Å². The number of imide groups is 1. The molecule has 3 heterocycles. The number of hydrogen-bond acceptors (Lipinski definition) is 6. The molecule has 0 spiro atoms. The van der Waals surface area contributed by atoms with Gasteiger partial charge in [-0.2, -0.15) is 0 Å². The van der Waals surface area contributed by atoms with Gasteiger partial charge in [-0.05, 0) is 47.9 Å². The third-order valence-electron chi connectivity index (χ3n) is 5.97. The Bertz CT molecular complexity index is 1270. The summed E-state index contributed by atoms with van der Waals surface area (Å²) in [4.78, 5) is 41.9. The first-order chi connectivity index (χ1) is 16.5. The number of aromatic amines is 1. The van der Waals surface area contributed by atoms with Crippen molar-refractivity contribution in [3.05, 3.63) is 53.7 Å². The van der Waals surface area contributed by atoms with Gasteiger partial charge in [0.15, 0.2) is 11.5 Å². The zero-order valence-corrected chi connectivity index (χ0v) is 18.6. The highest BCUT2D eigenvalue weighted by Crippen LogP contribution is 2.33. The fourth-order valence-corrected chi connectivity index (χ4v) is 4.17. The lowest BCUT2D eigenvalue weighted by atomic mass is 10.1. The number of nitrogens with one attached hydrogen (secondary N) is 3. The lowest BCUT2D eigenvalue weighted by Crippen LogP contribution is -2.37. The second-order valence-corrected chi connectivity index (χ2v) is 8.14. The summed E-state index contributed by atoms with van der Waals surface area (Å²) in [6, 6.07) is 9.62. The fraction of sp³-hybridized carbons (Fsp3) is 0.292. The number of carbonyl (C=O) groups is 3. The molecule has 0 unspecified atom stereocenters. The van der Waals surface area contributed by atoms with Crippen LogP contribution in [-0.4, -0.2) is 54.2 Å². The Morgan fingerprint density at radius 2 is 2.03 bits per heavy atom. The van der Waals surface area contributed by atoms with E-state index in [4.69, 9.17) is 14.2 Å². The van der Waals surface area contributed by atoms with E-state index in [1.165, 1.54) is 0 Å². The Morgan fingerprint density at radius 1 is 1.18 bits per heavy atom. The first-order valence-electron chi connectivity index (χ1n) is 10.9. The number of hydrogen-bond donors (Lipinski definition) is 3. The number of fused-ring (bicyclic) bond motifs is 2. The van der Waals surface area contributed by atoms with Gasteiger partial charge >= 0.3 is 6.03 Å². The number of benzene rings is 2. The van der Waals surface area contributed by atoms with Crippen LogP contribution in [0.4, 0.5) is 4.79 Å². The molecule has 10 heteroatoms. The van der Waals surface area contributed by atoms with E-state index in [0.717, 1.165) is 32.7 Å². The number of nitrogens with zero attached hydrogens (tertiary/aromatic N) is 1. The number of ether oxygens (including phenoxy) is 3. The first kappa shape index (κ1) is 21.6. The van der Waals surface area contributed by atoms with Crippen LogP contribution in [0, 0.1) is 0 Å². The highest BCUT2D eigenvalue weighted by Gasteiger charge is 2.39. The molecule has 1 atom stereocenters. The van der Waals surface area contributed by atoms with E-state index < -0.39 is 18.0 Å². The van der Waals surface area contributed by atoms with Crippen molar-refractivity contribution < 1.29 is 28.6 Å². The molecule has 3 aromatic rings. The predicted molar refractivity (Wildman–Crippen MR) is 122 cm³/mol. The maximum atomic E-state index is 12.7. The molecule has 1 fully saturated rings. The Hall–Kier alpha value is -4.21. The van der Waals surface area contributed by atoms with Crippen molar-refractivity contribution >= 4 is 28.7 Å². The van der Waals surface area contributed by atoms with Gasteiger partial charge < -0.3 is 29.8 Å². The van der Waals surface area contributed by atoms with Crippen molar-refractivity contribution in [2.45, 2.75) is 25.4 Å². The average Bonchev–Trinajstić information content (AvgIpc) is 3.53. The quantitative estimate of drug-likeness (QED) is 0.439. The third-order valence-corrected chi connectivity index (χ3v) is 5.97. The Kier molecular flexibility index (Phi) is 5.70. The van der Waals surface area contributed by atoms with Gasteiger partial charge in [-0.15, -0.1) is 0 Å². The molecule has 0 aliphatic carbocycles. The minimum Gasteiger partial charge on any atom is -0.497 e. The Morgan fingerprint density at radius 3 is 2.88 bits per heavy atom. The molecular weight excluding hydrogens is 440 g/mol. The highest BCUT2D eigenvalue weighted by molar-refractivity contribution is 6.05. The molecule has 4 amide bonds. The van der Waals surface area contributed by atoms with Crippen LogP contribution in [0.3, 0.4) is 0 Å². The summed E-state index contributed by atoms with van der Waals surface area (Å²) in [5.41, 5.74) is 2.77. The number of rotatable bonds is 8. The lowest BCUT2D eigenvalue weighted by Gasteiger charge is -2.13. The van der Waals surface area contributed by atoms with Gasteiger partial charge in [0, 0.05) is 23.6 Å². The maximum Gasteiger partial charge on any atom is 0.325 e. The third kappa shape index (κ3) is 4.21. The number of H-pyrrole nitrogens is 1. The summed E-state index contributed by atoms with van der Waals surface area (Å²) in [5, 5.41) is 6.47. The summed E-state index contributed by atoms with van der Waals surface area (Å²) >= 11 is 0. The van der Waals surface area contributed by atoms with E-state index in [9.17, 15) is 14.4 Å². The fourth-order valence-electron chi connectivity index (χ4n) is 4.17. The van der Waals surface area contributed by atoms with Crippen LogP contribution in [0.25, 0.3) is 10.9 Å². The number of aromatic nitrogens is 1. The number of methoxy groups -OCH3 is 1. The van der Waals surface area contributed by atoms with E-state index in [-0.39, 0.29) is 25.7 Å². The predicted octanol–water partition coefficient (Wildman–Crippen LogP) is 2.07. The van der Waals surface area contributed by atoms with Crippen LogP contribution in [0.5, 0.6) is 17.2 Å². The summed E-state index contributed by atoms with van der Waals surface area (Å²) < 4.78 is 15.9. The van der Waals surface area contributed by atoms with Crippen molar-refractivity contribution in [3.8, 4) is 17.2 Å². The topological polar surface area (TPSA) is 122 Å². The molecule has 0 radical (unpaired) electrons. The minimum absolute atomic E-state index is 0.0868. The summed E-state index contributed by atoms with van der Waals surface area (Å²) in [7, 11) is 1.62. The second-order valence-electron chi connectivity index (χ2n) is 8.14. The smallest absolute Gasteiger partial charge is 0.325 e. The normalized spacial score (nSPS) is 16.7. The summed E-state index contributed by atoms with van der Waals surface area (Å²) in [6.45, 7) is 0.635. The van der Waals surface area contributed by atoms with E-state index >= 15 is 0 Å². The zero-order valence-electron chi connectivity index (χ0n) is 18.6. The molecule has 2 aliphatic rings. The zero-order chi connectivity index (χ0) is 23.7. The number of urea groups is 1. The molecule has 1 saturated heterocycles. The molecule has 2 aliphatic heterocycles. The van der Waals surface area contributed by atoms with Crippen LogP contribution in [0.15, 0.2) is 42.6 Å². The molecule has 34 heavy (non-hydrogen) atoms. The van der Waals surface area contributed by atoms with Gasteiger partial charge in [0.05, 0.1) is 20.1 Å². The highest BCUT2D eigenvalue weighted by atomic mass is 16.7. The van der Waals surface area contributed by atoms with Crippen molar-refractivity contribution in [3.63, 3.8) is 0 Å². The Labute approximate surface area is 195 Å². The SMILES string of the molecule is COc1ccc2[nH]cc(CCNC(=O)C[C@@H]3NC(=O)N(Cc4ccc5c(c4)OCO5)C3=O)c2c1. The van der Waals surface area contributed by atoms with Crippen molar-refractivity contribution in [1.82, 2.24) is 20.5 Å². The van der Waals surface area contributed by atoms with Gasteiger partial charge in [-0.25, -0.2) is 4.79 Å². The standard InChI is InChI=1S/C24H24N4O6/c1-32-16-3-4-18-17(9-16)15(11-26-18)6-7-25-22(29)10-19-23(30)28(24(31)27-19)12-14-2-5-20-21(8-14)34-13-33-20/h2-5,8-9,11,19,26H,6-7,10,12-13H2,1H3,(H,25,29)(H,27,31)/t19-/m0/s1. The van der Waals surface area contributed by atoms with E-state index in [0.29, 0.717) is 24.5 Å². The van der Waals surface area contributed by atoms with Crippen LogP contribution >= 0.6 is 0 Å². The number of carbonyl (C=O) groups excluding carboxylic acids is 3. The maximum absolute atomic E-state index is 12.7. The molecule has 3 N–H and O–H groups in total. The van der Waals surface area contributed by atoms with Gasteiger partial charge in [0.2, 0.25) is 12.7 Å². The average molecular weight is 464 g/mol. The first-order valence-corrected chi connectivity index (χ1v) is 10.9. The molecule has 0 saturated carbocycles. The van der Waals surface area contributed by atoms with Gasteiger partial charge in [-0.3, -0.25) is 14.5 Å². The van der Waals surface area contributed by atoms with E-state index in [2.05, 4.69) is 15.6 Å². The van der Waals surface area contributed by atoms with Crippen molar-refractivity contribution in [2.24, 2.45) is 0 Å².